The Balaban J connectivity index is 2.11. The monoisotopic (exact) mass is 599 g/mol. The number of ether oxygens (including phenoxy) is 1. The summed E-state index contributed by atoms with van der Waals surface area (Å²) in [7, 11) is 0. The summed E-state index contributed by atoms with van der Waals surface area (Å²) in [5.41, 5.74) is -3.97. The van der Waals surface area contributed by atoms with Gasteiger partial charge in [0.2, 0.25) is 0 Å². The zero-order chi connectivity index (χ0) is 28.4. The van der Waals surface area contributed by atoms with E-state index in [0.29, 0.717) is 5.56 Å². The second-order valence-corrected chi connectivity index (χ2v) is 10.4. The van der Waals surface area contributed by atoms with Crippen LogP contribution in [0.4, 0.5) is 22.4 Å². The molecule has 2 aromatic carbocycles. The van der Waals surface area contributed by atoms with Crippen molar-refractivity contribution < 1.29 is 27.1 Å². The Hall–Kier alpha value is -3.41. The van der Waals surface area contributed by atoms with Gasteiger partial charge in [-0.3, -0.25) is 13.9 Å². The number of nitrogens with one attached hydrogen (secondary N) is 1. The van der Waals surface area contributed by atoms with Crippen LogP contribution in [0.2, 0.25) is 0 Å². The van der Waals surface area contributed by atoms with E-state index < -0.39 is 58.7 Å². The fourth-order valence-corrected chi connectivity index (χ4v) is 4.24. The molecule has 0 saturated carbocycles. The van der Waals surface area contributed by atoms with Crippen molar-refractivity contribution in [1.82, 2.24) is 14.5 Å². The molecule has 38 heavy (non-hydrogen) atoms. The second-order valence-electron chi connectivity index (χ2n) is 9.56. The number of aromatic nitrogens is 2. The minimum atomic E-state index is -4.86. The van der Waals surface area contributed by atoms with Crippen molar-refractivity contribution in [3.8, 4) is 0 Å². The van der Waals surface area contributed by atoms with E-state index in [0.717, 1.165) is 27.3 Å². The predicted molar refractivity (Wildman–Crippen MR) is 136 cm³/mol. The molecule has 0 spiro atoms. The van der Waals surface area contributed by atoms with E-state index in [2.05, 4.69) is 21.2 Å². The normalized spacial score (nSPS) is 12.8. The van der Waals surface area contributed by atoms with Gasteiger partial charge in [0, 0.05) is 11.3 Å². The van der Waals surface area contributed by atoms with Crippen LogP contribution in [-0.2, 0) is 24.0 Å². The molecule has 0 aliphatic rings. The van der Waals surface area contributed by atoms with Crippen LogP contribution in [0.25, 0.3) is 0 Å². The summed E-state index contributed by atoms with van der Waals surface area (Å²) in [6.45, 7) is 5.22. The van der Waals surface area contributed by atoms with Gasteiger partial charge in [-0.05, 0) is 61.3 Å². The van der Waals surface area contributed by atoms with Gasteiger partial charge in [-0.2, -0.15) is 13.2 Å². The molecule has 12 heteroatoms. The van der Waals surface area contributed by atoms with Gasteiger partial charge in [-0.1, -0.05) is 36.4 Å². The summed E-state index contributed by atoms with van der Waals surface area (Å²) in [5.74, 6) is -1.14. The topological polar surface area (TPSA) is 82.3 Å². The lowest BCUT2D eigenvalue weighted by molar-refractivity contribution is -0.138. The molecular formula is C26H26BrF4N3O4. The van der Waals surface area contributed by atoms with E-state index >= 15 is 0 Å². The molecule has 0 aliphatic heterocycles. The molecule has 0 aliphatic carbocycles. The third-order valence-electron chi connectivity index (χ3n) is 5.62. The van der Waals surface area contributed by atoms with Crippen molar-refractivity contribution in [2.75, 3.05) is 0 Å². The average molecular weight is 600 g/mol. The first kappa shape index (κ1) is 29.2. The van der Waals surface area contributed by atoms with Crippen molar-refractivity contribution >= 4 is 22.0 Å². The Morgan fingerprint density at radius 1 is 1.03 bits per heavy atom. The van der Waals surface area contributed by atoms with Crippen molar-refractivity contribution in [2.45, 2.75) is 58.6 Å². The van der Waals surface area contributed by atoms with E-state index in [9.17, 15) is 31.9 Å². The molecule has 7 nitrogen and oxygen atoms in total. The fourth-order valence-electron chi connectivity index (χ4n) is 3.81. The van der Waals surface area contributed by atoms with E-state index in [1.165, 1.54) is 6.92 Å². The highest BCUT2D eigenvalue weighted by molar-refractivity contribution is 9.10. The lowest BCUT2D eigenvalue weighted by Crippen LogP contribution is -2.45. The third-order valence-corrected chi connectivity index (χ3v) is 6.53. The van der Waals surface area contributed by atoms with Crippen molar-refractivity contribution in [2.24, 2.45) is 0 Å². The van der Waals surface area contributed by atoms with Gasteiger partial charge in [0.25, 0.3) is 5.56 Å². The minimum absolute atomic E-state index is 0.0176. The van der Waals surface area contributed by atoms with Gasteiger partial charge in [0.05, 0.1) is 24.7 Å². The van der Waals surface area contributed by atoms with Crippen LogP contribution >= 0.6 is 15.9 Å². The van der Waals surface area contributed by atoms with Crippen LogP contribution in [-0.4, -0.2) is 20.8 Å². The van der Waals surface area contributed by atoms with Crippen molar-refractivity contribution in [1.29, 1.82) is 0 Å². The molecule has 0 radical (unpaired) electrons. The molecular weight excluding hydrogens is 574 g/mol. The van der Waals surface area contributed by atoms with E-state index in [4.69, 9.17) is 4.74 Å². The number of carbonyl (C=O) groups excluding carboxylic acids is 1. The highest BCUT2D eigenvalue weighted by Crippen LogP contribution is 2.33. The lowest BCUT2D eigenvalue weighted by Gasteiger charge is -2.25. The van der Waals surface area contributed by atoms with Crippen LogP contribution in [0.3, 0.4) is 0 Å². The summed E-state index contributed by atoms with van der Waals surface area (Å²) in [6, 6.07) is 10.1. The first-order valence-electron chi connectivity index (χ1n) is 11.5. The fraction of sp³-hybridized carbons (Fsp3) is 0.346. The molecule has 1 aromatic heterocycles. The van der Waals surface area contributed by atoms with Gasteiger partial charge in [0.15, 0.2) is 0 Å². The number of benzene rings is 2. The lowest BCUT2D eigenvalue weighted by atomic mass is 10.1. The molecule has 0 saturated heterocycles. The Kier molecular flexibility index (Phi) is 8.55. The zero-order valence-corrected chi connectivity index (χ0v) is 22.6. The molecule has 1 atom stereocenters. The summed E-state index contributed by atoms with van der Waals surface area (Å²) in [4.78, 5) is 39.1. The SMILES string of the molecule is Cc1c(Br)c(=O)n(C[C@H](NC(=O)OC(C)(C)C)c2ccccc2)c(=O)n1Cc1c(F)cccc1C(F)(F)F. The highest BCUT2D eigenvalue weighted by atomic mass is 79.9. The van der Waals surface area contributed by atoms with Crippen molar-refractivity contribution in [3.05, 3.63) is 102 Å². The van der Waals surface area contributed by atoms with Crippen LogP contribution < -0.4 is 16.6 Å². The van der Waals surface area contributed by atoms with Gasteiger partial charge < -0.3 is 10.1 Å². The van der Waals surface area contributed by atoms with E-state index in [1.807, 2.05) is 0 Å². The highest BCUT2D eigenvalue weighted by Gasteiger charge is 2.35. The maximum atomic E-state index is 14.6. The van der Waals surface area contributed by atoms with Crippen LogP contribution in [0.5, 0.6) is 0 Å². The van der Waals surface area contributed by atoms with Gasteiger partial charge >= 0.3 is 18.0 Å². The smallest absolute Gasteiger partial charge is 0.416 e. The molecule has 0 fully saturated rings. The third kappa shape index (κ3) is 6.72. The number of halogens is 5. The molecule has 3 aromatic rings. The Labute approximate surface area is 224 Å². The number of nitrogens with zero attached hydrogens (tertiary/aromatic N) is 2. The Bertz CT molecular complexity index is 1440. The van der Waals surface area contributed by atoms with E-state index in [-0.39, 0.29) is 16.7 Å². The number of amides is 1. The first-order valence-corrected chi connectivity index (χ1v) is 12.3. The second kappa shape index (κ2) is 11.1. The molecule has 0 unspecified atom stereocenters. The first-order chi connectivity index (χ1) is 17.6. The van der Waals surface area contributed by atoms with Crippen LogP contribution in [0.1, 0.15) is 49.2 Å². The molecule has 1 amide bonds. The number of carbonyl (C=O) groups is 1. The number of alkyl carbamates (subject to hydrolysis) is 1. The van der Waals surface area contributed by atoms with E-state index in [1.54, 1.807) is 51.1 Å². The number of hydrogen-bond donors (Lipinski definition) is 1. The summed E-state index contributed by atoms with van der Waals surface area (Å²) in [6.07, 6.45) is -5.66. The Morgan fingerprint density at radius 3 is 2.24 bits per heavy atom. The van der Waals surface area contributed by atoms with Gasteiger partial charge in [0.1, 0.15) is 15.9 Å². The van der Waals surface area contributed by atoms with Crippen LogP contribution in [0, 0.1) is 12.7 Å². The maximum absolute atomic E-state index is 14.6. The summed E-state index contributed by atoms with van der Waals surface area (Å²) < 4.78 is 62.2. The maximum Gasteiger partial charge on any atom is 0.416 e. The van der Waals surface area contributed by atoms with Gasteiger partial charge in [-0.15, -0.1) is 0 Å². The molecule has 1 heterocycles. The number of hydrogen-bond acceptors (Lipinski definition) is 4. The van der Waals surface area contributed by atoms with Crippen molar-refractivity contribution in [3.63, 3.8) is 0 Å². The van der Waals surface area contributed by atoms with Crippen LogP contribution in [0.15, 0.2) is 62.6 Å². The molecule has 204 valence electrons. The quantitative estimate of drug-likeness (QED) is 0.376. The van der Waals surface area contributed by atoms with Gasteiger partial charge in [-0.25, -0.2) is 14.0 Å². The standard InChI is InChI=1S/C26H26BrF4N3O4/c1-15-21(27)22(35)34(14-20(16-9-6-5-7-10-16)32-23(36)38-25(2,3)4)24(37)33(15)13-17-18(26(29,30)31)11-8-12-19(17)28/h5-12,20H,13-14H2,1-4H3,(H,32,36)/t20-/m0/s1. The minimum Gasteiger partial charge on any atom is -0.444 e. The zero-order valence-electron chi connectivity index (χ0n) is 21.0. The Morgan fingerprint density at radius 2 is 1.66 bits per heavy atom. The molecule has 1 N–H and O–H groups in total. The largest absolute Gasteiger partial charge is 0.444 e. The number of alkyl halides is 3. The summed E-state index contributed by atoms with van der Waals surface area (Å²) in [5, 5.41) is 2.64. The average Bonchev–Trinajstić information content (AvgIpc) is 2.82. The number of rotatable bonds is 6. The molecule has 3 rings (SSSR count). The predicted octanol–water partition coefficient (Wildman–Crippen LogP) is 5.55. The summed E-state index contributed by atoms with van der Waals surface area (Å²) >= 11 is 3.12. The molecule has 0 bridgehead atoms.